The molecule has 27 heavy (non-hydrogen) atoms. The van der Waals surface area contributed by atoms with Crippen LogP contribution in [0.1, 0.15) is 21.9 Å². The van der Waals surface area contributed by atoms with Crippen LogP contribution in [0.15, 0.2) is 63.9 Å². The lowest BCUT2D eigenvalue weighted by Gasteiger charge is -2.07. The van der Waals surface area contributed by atoms with Gasteiger partial charge in [0.25, 0.3) is 0 Å². The van der Waals surface area contributed by atoms with Crippen LogP contribution in [0.25, 0.3) is 11.1 Å². The molecule has 0 radical (unpaired) electrons. The SMILES string of the molecule is Cc1oc(C(=O)O)cc1COc1ccc(-c2ccc(S(C)(=O)=O)cc2)cc1. The van der Waals surface area contributed by atoms with E-state index >= 15 is 0 Å². The van der Waals surface area contributed by atoms with E-state index in [0.29, 0.717) is 17.1 Å². The maximum atomic E-state index is 11.5. The Bertz CT molecular complexity index is 1060. The van der Waals surface area contributed by atoms with E-state index in [-0.39, 0.29) is 17.3 Å². The first-order chi connectivity index (χ1) is 12.7. The Kier molecular flexibility index (Phi) is 5.05. The predicted octanol–water partition coefficient (Wildman–Crippen LogP) is 3.94. The van der Waals surface area contributed by atoms with E-state index in [9.17, 15) is 13.2 Å². The molecule has 0 saturated carbocycles. The summed E-state index contributed by atoms with van der Waals surface area (Å²) in [6.07, 6.45) is 1.18. The minimum absolute atomic E-state index is 0.112. The predicted molar refractivity (Wildman–Crippen MR) is 99.7 cm³/mol. The zero-order valence-electron chi connectivity index (χ0n) is 14.8. The topological polar surface area (TPSA) is 93.8 Å². The highest BCUT2D eigenvalue weighted by Crippen LogP contribution is 2.25. The Labute approximate surface area is 156 Å². The van der Waals surface area contributed by atoms with Crippen LogP contribution in [0, 0.1) is 6.92 Å². The summed E-state index contributed by atoms with van der Waals surface area (Å²) < 4.78 is 33.9. The van der Waals surface area contributed by atoms with Crippen molar-refractivity contribution in [3.8, 4) is 16.9 Å². The normalized spacial score (nSPS) is 11.3. The lowest BCUT2D eigenvalue weighted by molar-refractivity contribution is 0.0661. The average molecular weight is 386 g/mol. The van der Waals surface area contributed by atoms with Gasteiger partial charge in [0.1, 0.15) is 18.1 Å². The van der Waals surface area contributed by atoms with Crippen LogP contribution in [0.2, 0.25) is 0 Å². The summed E-state index contributed by atoms with van der Waals surface area (Å²) in [4.78, 5) is 11.2. The van der Waals surface area contributed by atoms with Crippen molar-refractivity contribution in [3.63, 3.8) is 0 Å². The van der Waals surface area contributed by atoms with Crippen LogP contribution < -0.4 is 4.74 Å². The van der Waals surface area contributed by atoms with Crippen LogP contribution in [0.4, 0.5) is 0 Å². The van der Waals surface area contributed by atoms with E-state index in [2.05, 4.69) is 0 Å². The molecule has 0 atom stereocenters. The molecular formula is C20H18O6S. The van der Waals surface area contributed by atoms with Gasteiger partial charge in [-0.25, -0.2) is 13.2 Å². The monoisotopic (exact) mass is 386 g/mol. The number of hydrogen-bond donors (Lipinski definition) is 1. The van der Waals surface area contributed by atoms with Gasteiger partial charge in [0, 0.05) is 11.8 Å². The van der Waals surface area contributed by atoms with Gasteiger partial charge in [-0.05, 0) is 48.4 Å². The summed E-state index contributed by atoms with van der Waals surface area (Å²) in [6, 6.07) is 15.5. The number of carboxylic acids is 1. The lowest BCUT2D eigenvalue weighted by atomic mass is 10.1. The van der Waals surface area contributed by atoms with E-state index in [4.69, 9.17) is 14.3 Å². The highest BCUT2D eigenvalue weighted by Gasteiger charge is 2.13. The van der Waals surface area contributed by atoms with Crippen molar-refractivity contribution in [2.24, 2.45) is 0 Å². The van der Waals surface area contributed by atoms with Crippen LogP contribution in [-0.4, -0.2) is 25.7 Å². The van der Waals surface area contributed by atoms with Gasteiger partial charge in [0.2, 0.25) is 5.76 Å². The van der Waals surface area contributed by atoms with Gasteiger partial charge in [0.05, 0.1) is 4.90 Å². The number of ether oxygens (including phenoxy) is 1. The minimum atomic E-state index is -3.21. The van der Waals surface area contributed by atoms with Crippen molar-refractivity contribution in [3.05, 3.63) is 71.7 Å². The molecule has 1 heterocycles. The molecule has 0 unspecified atom stereocenters. The second kappa shape index (κ2) is 7.28. The van der Waals surface area contributed by atoms with Crippen molar-refractivity contribution in [2.75, 3.05) is 6.26 Å². The highest BCUT2D eigenvalue weighted by molar-refractivity contribution is 7.90. The fourth-order valence-electron chi connectivity index (χ4n) is 2.57. The summed E-state index contributed by atoms with van der Waals surface area (Å²) >= 11 is 0. The Hall–Kier alpha value is -3.06. The highest BCUT2D eigenvalue weighted by atomic mass is 32.2. The van der Waals surface area contributed by atoms with Gasteiger partial charge < -0.3 is 14.3 Å². The molecule has 0 saturated heterocycles. The fourth-order valence-corrected chi connectivity index (χ4v) is 3.20. The second-order valence-electron chi connectivity index (χ2n) is 6.11. The fraction of sp³-hybridized carbons (Fsp3) is 0.150. The Morgan fingerprint density at radius 3 is 2.07 bits per heavy atom. The molecule has 1 N–H and O–H groups in total. The van der Waals surface area contributed by atoms with E-state index < -0.39 is 15.8 Å². The molecule has 1 aromatic heterocycles. The molecule has 0 amide bonds. The summed E-state index contributed by atoms with van der Waals surface area (Å²) in [5, 5.41) is 8.94. The molecule has 6 nitrogen and oxygen atoms in total. The van der Waals surface area contributed by atoms with Gasteiger partial charge in [-0.15, -0.1) is 0 Å². The van der Waals surface area contributed by atoms with Crippen molar-refractivity contribution < 1.29 is 27.5 Å². The number of furan rings is 1. The Morgan fingerprint density at radius 1 is 1.04 bits per heavy atom. The van der Waals surface area contributed by atoms with Crippen LogP contribution in [0.5, 0.6) is 5.75 Å². The average Bonchev–Trinajstić information content (AvgIpc) is 3.01. The summed E-state index contributed by atoms with van der Waals surface area (Å²) in [7, 11) is -3.21. The van der Waals surface area contributed by atoms with Crippen LogP contribution in [-0.2, 0) is 16.4 Å². The van der Waals surface area contributed by atoms with E-state index in [1.165, 1.54) is 12.3 Å². The second-order valence-corrected chi connectivity index (χ2v) is 8.12. The first kappa shape index (κ1) is 18.7. The first-order valence-electron chi connectivity index (χ1n) is 8.10. The van der Waals surface area contributed by atoms with Crippen molar-refractivity contribution in [2.45, 2.75) is 18.4 Å². The first-order valence-corrected chi connectivity index (χ1v) is 9.99. The molecular weight excluding hydrogens is 368 g/mol. The van der Waals surface area contributed by atoms with E-state index in [1.54, 1.807) is 43.3 Å². The molecule has 3 rings (SSSR count). The molecule has 0 fully saturated rings. The van der Waals surface area contributed by atoms with Gasteiger partial charge in [-0.3, -0.25) is 0 Å². The van der Waals surface area contributed by atoms with Crippen LogP contribution in [0.3, 0.4) is 0 Å². The van der Waals surface area contributed by atoms with Crippen molar-refractivity contribution >= 4 is 15.8 Å². The Balaban J connectivity index is 1.69. The van der Waals surface area contributed by atoms with Gasteiger partial charge in [-0.1, -0.05) is 24.3 Å². The molecule has 0 aliphatic rings. The lowest BCUT2D eigenvalue weighted by Crippen LogP contribution is -1.96. The molecule has 140 valence electrons. The van der Waals surface area contributed by atoms with Gasteiger partial charge >= 0.3 is 5.97 Å². The summed E-state index contributed by atoms with van der Waals surface area (Å²) in [5.41, 5.74) is 2.49. The largest absolute Gasteiger partial charge is 0.489 e. The third-order valence-electron chi connectivity index (χ3n) is 4.10. The number of carboxylic acid groups (broad SMARTS) is 1. The van der Waals surface area contributed by atoms with Crippen molar-refractivity contribution in [1.82, 2.24) is 0 Å². The third-order valence-corrected chi connectivity index (χ3v) is 5.22. The molecule has 0 aliphatic carbocycles. The number of carbonyl (C=O) groups is 1. The maximum Gasteiger partial charge on any atom is 0.371 e. The van der Waals surface area contributed by atoms with Gasteiger partial charge in [-0.2, -0.15) is 0 Å². The summed E-state index contributed by atoms with van der Waals surface area (Å²) in [6.45, 7) is 1.89. The molecule has 0 bridgehead atoms. The standard InChI is InChI=1S/C20H18O6S/c1-13-16(11-19(26-13)20(21)22)12-25-17-7-3-14(4-8-17)15-5-9-18(10-6-15)27(2,23)24/h3-11H,12H2,1-2H3,(H,21,22). The number of benzene rings is 2. The number of aryl methyl sites for hydroxylation is 1. The molecule has 0 aliphatic heterocycles. The summed E-state index contributed by atoms with van der Waals surface area (Å²) in [5.74, 6) is -0.0893. The number of aromatic carboxylic acids is 1. The quantitative estimate of drug-likeness (QED) is 0.690. The Morgan fingerprint density at radius 2 is 1.59 bits per heavy atom. The van der Waals surface area contributed by atoms with Crippen LogP contribution >= 0.6 is 0 Å². The third kappa shape index (κ3) is 4.38. The smallest absolute Gasteiger partial charge is 0.371 e. The molecule has 7 heteroatoms. The number of hydrogen-bond acceptors (Lipinski definition) is 5. The minimum Gasteiger partial charge on any atom is -0.489 e. The number of sulfone groups is 1. The maximum absolute atomic E-state index is 11.5. The van der Waals surface area contributed by atoms with E-state index in [0.717, 1.165) is 11.1 Å². The molecule has 0 spiro atoms. The molecule has 2 aromatic carbocycles. The molecule has 3 aromatic rings. The van der Waals surface area contributed by atoms with E-state index in [1.807, 2.05) is 12.1 Å². The zero-order valence-corrected chi connectivity index (χ0v) is 15.6. The van der Waals surface area contributed by atoms with Gasteiger partial charge in [0.15, 0.2) is 9.84 Å². The van der Waals surface area contributed by atoms with Crippen molar-refractivity contribution in [1.29, 1.82) is 0 Å². The number of rotatable bonds is 6. The zero-order chi connectivity index (χ0) is 19.6.